The van der Waals surface area contributed by atoms with Gasteiger partial charge in [0, 0.05) is 25.7 Å². The molecule has 0 amide bonds. The number of hydrogen-bond donors (Lipinski definition) is 1. The number of nitrogens with two attached hydrogens (primary N) is 1. The average Bonchev–Trinajstić information content (AvgIpc) is 2.28. The van der Waals surface area contributed by atoms with Gasteiger partial charge in [-0.2, -0.15) is 4.31 Å². The van der Waals surface area contributed by atoms with Crippen molar-refractivity contribution in [2.24, 2.45) is 11.7 Å². The third kappa shape index (κ3) is 5.01. The summed E-state index contributed by atoms with van der Waals surface area (Å²) >= 11 is 0. The standard InChI is InChI=1S/C11H24N2O3S.ClH/c1-3-16-6-7-17(14,15)13-5-4-10(2)8-11(13)9-12;/h10-11H,3-9,12H2,1-2H3;1H. The van der Waals surface area contributed by atoms with Gasteiger partial charge in [-0.15, -0.1) is 12.4 Å². The molecule has 0 aliphatic carbocycles. The van der Waals surface area contributed by atoms with E-state index < -0.39 is 10.0 Å². The van der Waals surface area contributed by atoms with Crippen molar-refractivity contribution in [3.63, 3.8) is 0 Å². The average molecular weight is 301 g/mol. The number of halogens is 1. The highest BCUT2D eigenvalue weighted by Crippen LogP contribution is 2.24. The van der Waals surface area contributed by atoms with Crippen LogP contribution in [0.2, 0.25) is 0 Å². The van der Waals surface area contributed by atoms with E-state index in [4.69, 9.17) is 10.5 Å². The van der Waals surface area contributed by atoms with Gasteiger partial charge in [0.15, 0.2) is 0 Å². The second kappa shape index (κ2) is 8.32. The molecule has 18 heavy (non-hydrogen) atoms. The quantitative estimate of drug-likeness (QED) is 0.738. The molecule has 0 aromatic rings. The molecule has 1 heterocycles. The highest BCUT2D eigenvalue weighted by Gasteiger charge is 2.33. The molecule has 1 aliphatic rings. The fraction of sp³-hybridized carbons (Fsp3) is 1.00. The lowest BCUT2D eigenvalue weighted by Crippen LogP contribution is -2.50. The van der Waals surface area contributed by atoms with Crippen LogP contribution in [-0.2, 0) is 14.8 Å². The summed E-state index contributed by atoms with van der Waals surface area (Å²) in [6.45, 7) is 5.81. The van der Waals surface area contributed by atoms with Crippen LogP contribution in [0, 0.1) is 5.92 Å². The molecule has 110 valence electrons. The van der Waals surface area contributed by atoms with Gasteiger partial charge < -0.3 is 10.5 Å². The maximum absolute atomic E-state index is 12.1. The van der Waals surface area contributed by atoms with E-state index in [1.807, 2.05) is 6.92 Å². The molecule has 2 unspecified atom stereocenters. The van der Waals surface area contributed by atoms with Crippen molar-refractivity contribution in [1.82, 2.24) is 4.31 Å². The van der Waals surface area contributed by atoms with Crippen LogP contribution >= 0.6 is 12.4 Å². The van der Waals surface area contributed by atoms with E-state index in [1.165, 1.54) is 0 Å². The van der Waals surface area contributed by atoms with Gasteiger partial charge in [0.1, 0.15) is 0 Å². The first-order valence-electron chi connectivity index (χ1n) is 6.28. The smallest absolute Gasteiger partial charge is 0.216 e. The summed E-state index contributed by atoms with van der Waals surface area (Å²) in [6, 6.07) is -0.0367. The molecule has 2 atom stereocenters. The highest BCUT2D eigenvalue weighted by atomic mass is 35.5. The predicted molar refractivity (Wildman–Crippen MR) is 75.5 cm³/mol. The summed E-state index contributed by atoms with van der Waals surface area (Å²) in [5.41, 5.74) is 5.67. The molecule has 1 fully saturated rings. The third-order valence-electron chi connectivity index (χ3n) is 3.24. The van der Waals surface area contributed by atoms with Crippen LogP contribution < -0.4 is 5.73 Å². The number of rotatable bonds is 6. The molecule has 0 aromatic heterocycles. The van der Waals surface area contributed by atoms with E-state index >= 15 is 0 Å². The van der Waals surface area contributed by atoms with Gasteiger partial charge in [-0.25, -0.2) is 8.42 Å². The van der Waals surface area contributed by atoms with Crippen LogP contribution in [0.25, 0.3) is 0 Å². The van der Waals surface area contributed by atoms with Crippen LogP contribution in [0.4, 0.5) is 0 Å². The monoisotopic (exact) mass is 300 g/mol. The van der Waals surface area contributed by atoms with Crippen molar-refractivity contribution < 1.29 is 13.2 Å². The summed E-state index contributed by atoms with van der Waals surface area (Å²) in [7, 11) is -3.21. The van der Waals surface area contributed by atoms with Crippen molar-refractivity contribution in [2.45, 2.75) is 32.7 Å². The zero-order valence-corrected chi connectivity index (χ0v) is 12.8. The minimum atomic E-state index is -3.21. The summed E-state index contributed by atoms with van der Waals surface area (Å²) in [4.78, 5) is 0. The lowest BCUT2D eigenvalue weighted by atomic mass is 9.94. The second-order valence-corrected chi connectivity index (χ2v) is 6.68. The number of ether oxygens (including phenoxy) is 1. The molecule has 1 rings (SSSR count). The van der Waals surface area contributed by atoms with E-state index in [0.717, 1.165) is 12.8 Å². The fourth-order valence-electron chi connectivity index (χ4n) is 2.24. The van der Waals surface area contributed by atoms with Crippen LogP contribution in [0.15, 0.2) is 0 Å². The molecular weight excluding hydrogens is 276 g/mol. The zero-order valence-electron chi connectivity index (χ0n) is 11.2. The maximum atomic E-state index is 12.1. The highest BCUT2D eigenvalue weighted by molar-refractivity contribution is 7.89. The maximum Gasteiger partial charge on any atom is 0.216 e. The van der Waals surface area contributed by atoms with Gasteiger partial charge in [-0.3, -0.25) is 0 Å². The van der Waals surface area contributed by atoms with E-state index in [9.17, 15) is 8.42 Å². The Bertz CT molecular complexity index is 324. The molecule has 0 radical (unpaired) electrons. The molecule has 7 heteroatoms. The number of nitrogens with zero attached hydrogens (tertiary/aromatic N) is 1. The number of piperidine rings is 1. The van der Waals surface area contributed by atoms with E-state index in [0.29, 0.717) is 25.6 Å². The molecule has 0 aromatic carbocycles. The van der Waals surface area contributed by atoms with Crippen molar-refractivity contribution in [2.75, 3.05) is 32.1 Å². The molecule has 0 saturated carbocycles. The largest absolute Gasteiger partial charge is 0.381 e. The Kier molecular flexibility index (Phi) is 8.38. The predicted octanol–water partition coefficient (Wildman–Crippen LogP) is 0.834. The van der Waals surface area contributed by atoms with Gasteiger partial charge in [0.2, 0.25) is 10.0 Å². The van der Waals surface area contributed by atoms with Crippen molar-refractivity contribution in [3.8, 4) is 0 Å². The summed E-state index contributed by atoms with van der Waals surface area (Å²) in [5, 5.41) is 0. The van der Waals surface area contributed by atoms with Crippen molar-refractivity contribution in [1.29, 1.82) is 0 Å². The van der Waals surface area contributed by atoms with Crippen LogP contribution in [0.3, 0.4) is 0 Å². The topological polar surface area (TPSA) is 72.6 Å². The molecular formula is C11H25ClN2O3S. The fourth-order valence-corrected chi connectivity index (χ4v) is 3.81. The Hall–Kier alpha value is 0.120. The minimum absolute atomic E-state index is 0. The Morgan fingerprint density at radius 3 is 2.67 bits per heavy atom. The van der Waals surface area contributed by atoms with E-state index in [-0.39, 0.29) is 30.8 Å². The van der Waals surface area contributed by atoms with Crippen LogP contribution in [0.1, 0.15) is 26.7 Å². The Balaban J connectivity index is 0.00000289. The molecule has 1 saturated heterocycles. The minimum Gasteiger partial charge on any atom is -0.381 e. The molecule has 0 bridgehead atoms. The molecule has 0 spiro atoms. The normalized spacial score (nSPS) is 25.7. The second-order valence-electron chi connectivity index (χ2n) is 4.64. The lowest BCUT2D eigenvalue weighted by Gasteiger charge is -2.36. The number of sulfonamides is 1. The van der Waals surface area contributed by atoms with Gasteiger partial charge >= 0.3 is 0 Å². The van der Waals surface area contributed by atoms with Crippen LogP contribution in [-0.4, -0.2) is 50.8 Å². The molecule has 5 nitrogen and oxygen atoms in total. The van der Waals surface area contributed by atoms with Crippen molar-refractivity contribution >= 4 is 22.4 Å². The van der Waals surface area contributed by atoms with Gasteiger partial charge in [0.25, 0.3) is 0 Å². The lowest BCUT2D eigenvalue weighted by molar-refractivity contribution is 0.159. The molecule has 1 aliphatic heterocycles. The summed E-state index contributed by atoms with van der Waals surface area (Å²) in [5.74, 6) is 0.619. The van der Waals surface area contributed by atoms with Crippen molar-refractivity contribution in [3.05, 3.63) is 0 Å². The Morgan fingerprint density at radius 1 is 1.44 bits per heavy atom. The van der Waals surface area contributed by atoms with Gasteiger partial charge in [0.05, 0.1) is 12.4 Å². The van der Waals surface area contributed by atoms with E-state index in [2.05, 4.69) is 6.92 Å². The zero-order chi connectivity index (χ0) is 12.9. The third-order valence-corrected chi connectivity index (χ3v) is 5.12. The Labute approximate surface area is 117 Å². The van der Waals surface area contributed by atoms with E-state index in [1.54, 1.807) is 4.31 Å². The molecule has 2 N–H and O–H groups in total. The van der Waals surface area contributed by atoms with Gasteiger partial charge in [-0.05, 0) is 25.7 Å². The SMILES string of the molecule is CCOCCS(=O)(=O)N1CCC(C)CC1CN.Cl. The first-order chi connectivity index (χ1) is 8.01. The summed E-state index contributed by atoms with van der Waals surface area (Å²) < 4.78 is 30.9. The first-order valence-corrected chi connectivity index (χ1v) is 7.89. The van der Waals surface area contributed by atoms with Gasteiger partial charge in [-0.1, -0.05) is 6.92 Å². The van der Waals surface area contributed by atoms with Crippen LogP contribution in [0.5, 0.6) is 0 Å². The number of hydrogen-bond acceptors (Lipinski definition) is 4. The first kappa shape index (κ1) is 18.1. The Morgan fingerprint density at radius 2 is 2.11 bits per heavy atom. The summed E-state index contributed by atoms with van der Waals surface area (Å²) in [6.07, 6.45) is 1.79.